The van der Waals surface area contributed by atoms with Gasteiger partial charge in [0.2, 0.25) is 0 Å². The van der Waals surface area contributed by atoms with E-state index in [4.69, 9.17) is 0 Å². The van der Waals surface area contributed by atoms with E-state index in [0.717, 1.165) is 0 Å². The smallest absolute Gasteiger partial charge is 0.306 e. The van der Waals surface area contributed by atoms with Crippen molar-refractivity contribution in [2.45, 2.75) is 24.3 Å². The van der Waals surface area contributed by atoms with Crippen molar-refractivity contribution in [1.82, 2.24) is 0 Å². The van der Waals surface area contributed by atoms with Crippen LogP contribution in [-0.2, 0) is 0 Å². The van der Waals surface area contributed by atoms with Crippen molar-refractivity contribution < 1.29 is 0 Å². The number of hydrogen-bond acceptors (Lipinski definition) is 0. The number of allylic oxidation sites excluding steroid dienone is 2. The van der Waals surface area contributed by atoms with Gasteiger partial charge in [0.15, 0.2) is 0 Å². The Morgan fingerprint density at radius 1 is 1.50 bits per heavy atom. The van der Waals surface area contributed by atoms with Crippen molar-refractivity contribution in [2.75, 3.05) is 0 Å². The lowest BCUT2D eigenvalue weighted by Gasteiger charge is -1.81. The van der Waals surface area contributed by atoms with Gasteiger partial charge in [0, 0.05) is 0 Å². The van der Waals surface area contributed by atoms with Crippen molar-refractivity contribution in [1.29, 1.82) is 0 Å². The highest BCUT2D eigenvalue weighted by molar-refractivity contribution is 9.23. The third-order valence-corrected chi connectivity index (χ3v) is 2.82. The molecule has 0 aliphatic carbocycles. The predicted molar refractivity (Wildman–Crippen MR) is 43.5 cm³/mol. The first-order chi connectivity index (χ1) is 3.91. The van der Waals surface area contributed by atoms with E-state index in [1.807, 2.05) is 0 Å². The molecular formula is C6H11BrMg. The summed E-state index contributed by atoms with van der Waals surface area (Å²) in [5.41, 5.74) is 0. The molecule has 0 rings (SSSR count). The molecule has 0 heterocycles. The summed E-state index contributed by atoms with van der Waals surface area (Å²) in [6.07, 6.45) is 7.08. The van der Waals surface area contributed by atoms with Gasteiger partial charge >= 0.3 is 18.2 Å². The summed E-state index contributed by atoms with van der Waals surface area (Å²) in [4.78, 5) is 0. The van der Waals surface area contributed by atoms with Crippen molar-refractivity contribution >= 4 is 31.1 Å². The van der Waals surface area contributed by atoms with E-state index in [9.17, 15) is 0 Å². The number of halogens is 1. The Kier molecular flexibility index (Phi) is 8.97. The quantitative estimate of drug-likeness (QED) is 0.469. The van der Waals surface area contributed by atoms with Crippen LogP contribution in [0.5, 0.6) is 0 Å². The van der Waals surface area contributed by atoms with Gasteiger partial charge in [-0.3, -0.25) is 0 Å². The average molecular weight is 187 g/mol. The SMILES string of the molecule is CCCC=C[CH2][Mg][Br]. The van der Waals surface area contributed by atoms with E-state index in [-0.39, 0.29) is 18.2 Å². The molecule has 2 heteroatoms. The standard InChI is InChI=1S/C6H11.BrH.Mg/c1-3-5-6-4-2;;/h3,5H,1,4,6H2,2H3;1H;/q;;+1/p-1. The minimum Gasteiger partial charge on any atom is -0.306 e. The summed E-state index contributed by atoms with van der Waals surface area (Å²) in [5, 5.41) is 0. The third-order valence-electron chi connectivity index (χ3n) is 0.898. The molecule has 0 atom stereocenters. The minimum absolute atomic E-state index is 0.112. The van der Waals surface area contributed by atoms with Gasteiger partial charge in [-0.15, -0.1) is 10.6 Å². The number of hydrogen-bond donors (Lipinski definition) is 0. The molecule has 0 aliphatic heterocycles. The Balaban J connectivity index is 2.83. The summed E-state index contributed by atoms with van der Waals surface area (Å²) in [6.45, 7) is 2.20. The summed E-state index contributed by atoms with van der Waals surface area (Å²) in [7, 11) is 0. The van der Waals surface area contributed by atoms with E-state index < -0.39 is 0 Å². The van der Waals surface area contributed by atoms with Crippen LogP contribution in [0.15, 0.2) is 12.2 Å². The van der Waals surface area contributed by atoms with Crippen molar-refractivity contribution in [3.8, 4) is 0 Å². The van der Waals surface area contributed by atoms with Crippen molar-refractivity contribution in [2.24, 2.45) is 0 Å². The molecular weight excluding hydrogens is 176 g/mol. The Bertz CT molecular complexity index is 53.5. The summed E-state index contributed by atoms with van der Waals surface area (Å²) < 4.78 is 1.31. The monoisotopic (exact) mass is 186 g/mol. The highest BCUT2D eigenvalue weighted by Crippen LogP contribution is 1.92. The Morgan fingerprint density at radius 3 is 2.75 bits per heavy atom. The van der Waals surface area contributed by atoms with Crippen LogP contribution in [0.25, 0.3) is 0 Å². The molecule has 0 N–H and O–H groups in total. The lowest BCUT2D eigenvalue weighted by Crippen LogP contribution is -1.68. The molecule has 0 saturated carbocycles. The van der Waals surface area contributed by atoms with Gasteiger partial charge in [0.05, 0.1) is 0 Å². The first-order valence-electron chi connectivity index (χ1n) is 3.12. The van der Waals surface area contributed by atoms with Gasteiger partial charge in [0.1, 0.15) is 0 Å². The van der Waals surface area contributed by atoms with Gasteiger partial charge in [-0.1, -0.05) is 19.4 Å². The van der Waals surface area contributed by atoms with Crippen LogP contribution in [0.3, 0.4) is 0 Å². The lowest BCUT2D eigenvalue weighted by atomic mass is 10.3. The second-order valence-electron chi connectivity index (χ2n) is 1.74. The zero-order valence-corrected chi connectivity index (χ0v) is 8.36. The van der Waals surface area contributed by atoms with Gasteiger partial charge < -0.3 is 12.9 Å². The van der Waals surface area contributed by atoms with Crippen LogP contribution in [0, 0.1) is 0 Å². The molecule has 44 valence electrons. The molecule has 0 aliphatic rings. The zero-order chi connectivity index (χ0) is 6.24. The molecule has 8 heavy (non-hydrogen) atoms. The first-order valence-corrected chi connectivity index (χ1v) is 8.02. The summed E-state index contributed by atoms with van der Waals surface area (Å²) >= 11 is 3.60. The van der Waals surface area contributed by atoms with Crippen LogP contribution < -0.4 is 0 Å². The number of rotatable bonds is 4. The van der Waals surface area contributed by atoms with Crippen LogP contribution in [0.2, 0.25) is 4.55 Å². The zero-order valence-electron chi connectivity index (χ0n) is 5.36. The number of unbranched alkanes of at least 4 members (excludes halogenated alkanes) is 1. The van der Waals surface area contributed by atoms with Crippen LogP contribution >= 0.6 is 12.9 Å². The largest absolute Gasteiger partial charge is 0.472 e. The molecule has 0 spiro atoms. The fourth-order valence-electron chi connectivity index (χ4n) is 0.465. The van der Waals surface area contributed by atoms with E-state index in [1.54, 1.807) is 0 Å². The predicted octanol–water partition coefficient (Wildman–Crippen LogP) is 2.78. The van der Waals surface area contributed by atoms with Crippen molar-refractivity contribution in [3.05, 3.63) is 12.2 Å². The van der Waals surface area contributed by atoms with Gasteiger partial charge in [-0.25, -0.2) is 0 Å². The lowest BCUT2D eigenvalue weighted by molar-refractivity contribution is 0.957. The molecule has 0 nitrogen and oxygen atoms in total. The maximum atomic E-state index is 3.49. The van der Waals surface area contributed by atoms with Crippen LogP contribution in [-0.4, -0.2) is 18.2 Å². The van der Waals surface area contributed by atoms with E-state index in [2.05, 4.69) is 32.0 Å². The molecule has 0 aromatic heterocycles. The van der Waals surface area contributed by atoms with E-state index in [1.165, 1.54) is 17.4 Å². The highest BCUT2D eigenvalue weighted by Gasteiger charge is 1.80. The normalized spacial score (nSPS) is 9.75. The van der Waals surface area contributed by atoms with Crippen molar-refractivity contribution in [3.63, 3.8) is 0 Å². The maximum Gasteiger partial charge on any atom is 0.472 e. The maximum absolute atomic E-state index is 3.49. The Morgan fingerprint density at radius 2 is 2.25 bits per heavy atom. The first kappa shape index (κ1) is 8.99. The van der Waals surface area contributed by atoms with E-state index >= 15 is 0 Å². The Hall–Kier alpha value is 0.986. The summed E-state index contributed by atoms with van der Waals surface area (Å²) in [5.74, 6) is 0. The summed E-state index contributed by atoms with van der Waals surface area (Å²) in [6, 6.07) is 0. The van der Waals surface area contributed by atoms with Gasteiger partial charge in [-0.05, 0) is 6.42 Å². The van der Waals surface area contributed by atoms with Gasteiger partial charge in [0.25, 0.3) is 0 Å². The molecule has 0 unspecified atom stereocenters. The molecule has 0 aromatic carbocycles. The molecule has 0 fully saturated rings. The third kappa shape index (κ3) is 6.99. The average Bonchev–Trinajstić information content (AvgIpc) is 1.81. The molecule has 0 amide bonds. The van der Waals surface area contributed by atoms with Gasteiger partial charge in [-0.2, -0.15) is 0 Å². The minimum atomic E-state index is 0.112. The molecule has 0 aromatic rings. The Labute approximate surface area is 67.3 Å². The topological polar surface area (TPSA) is 0 Å². The second-order valence-corrected chi connectivity index (χ2v) is 5.07. The molecule has 0 bridgehead atoms. The fourth-order valence-corrected chi connectivity index (χ4v) is 1.62. The van der Waals surface area contributed by atoms with E-state index in [0.29, 0.717) is 0 Å². The van der Waals surface area contributed by atoms with Crippen LogP contribution in [0.1, 0.15) is 19.8 Å². The highest BCUT2D eigenvalue weighted by atomic mass is 79.9. The molecule has 0 radical (unpaired) electrons. The van der Waals surface area contributed by atoms with Crippen LogP contribution in [0.4, 0.5) is 0 Å². The fraction of sp³-hybridized carbons (Fsp3) is 0.667. The molecule has 0 saturated heterocycles. The second kappa shape index (κ2) is 7.99.